The fraction of sp³-hybridized carbons (Fsp3) is 0.286. The number of hydrogen-bond donors (Lipinski definition) is 1. The summed E-state index contributed by atoms with van der Waals surface area (Å²) in [6.45, 7) is 0.374. The van der Waals surface area contributed by atoms with Crippen LogP contribution < -0.4 is 10.9 Å². The topological polar surface area (TPSA) is 46.9 Å². The molecule has 0 saturated heterocycles. The van der Waals surface area contributed by atoms with Crippen molar-refractivity contribution in [2.75, 3.05) is 5.32 Å². The van der Waals surface area contributed by atoms with Crippen LogP contribution in [0.2, 0.25) is 10.0 Å². The molecule has 4 nitrogen and oxygen atoms in total. The second kappa shape index (κ2) is 5.46. The SMILES string of the molecule is O=c1cc(NC2CC2)cnn1Cc1ccc(Cl)c(Cl)c1. The summed E-state index contributed by atoms with van der Waals surface area (Å²) in [5.41, 5.74) is 1.53. The smallest absolute Gasteiger partial charge is 0.269 e. The molecule has 0 amide bonds. The van der Waals surface area contributed by atoms with E-state index in [1.807, 2.05) is 6.07 Å². The van der Waals surface area contributed by atoms with Crippen LogP contribution in [0.1, 0.15) is 18.4 Å². The number of aromatic nitrogens is 2. The highest BCUT2D eigenvalue weighted by molar-refractivity contribution is 6.42. The van der Waals surface area contributed by atoms with Crippen molar-refractivity contribution in [3.8, 4) is 0 Å². The molecule has 0 unspecified atom stereocenters. The molecule has 1 heterocycles. The highest BCUT2D eigenvalue weighted by atomic mass is 35.5. The van der Waals surface area contributed by atoms with Gasteiger partial charge in [-0.1, -0.05) is 29.3 Å². The van der Waals surface area contributed by atoms with E-state index in [4.69, 9.17) is 23.2 Å². The van der Waals surface area contributed by atoms with Crippen molar-refractivity contribution in [1.82, 2.24) is 9.78 Å². The maximum absolute atomic E-state index is 12.0. The molecule has 1 aliphatic rings. The molecule has 1 N–H and O–H groups in total. The van der Waals surface area contributed by atoms with E-state index >= 15 is 0 Å². The summed E-state index contributed by atoms with van der Waals surface area (Å²) in [4.78, 5) is 12.0. The molecule has 3 rings (SSSR count). The predicted octanol–water partition coefficient (Wildman–Crippen LogP) is 3.17. The number of rotatable bonds is 4. The van der Waals surface area contributed by atoms with Gasteiger partial charge >= 0.3 is 0 Å². The Morgan fingerprint density at radius 2 is 2.05 bits per heavy atom. The molecule has 6 heteroatoms. The van der Waals surface area contributed by atoms with Crippen molar-refractivity contribution in [3.63, 3.8) is 0 Å². The van der Waals surface area contributed by atoms with E-state index in [1.54, 1.807) is 24.4 Å². The van der Waals surface area contributed by atoms with Crippen LogP contribution in [-0.2, 0) is 6.54 Å². The normalized spacial score (nSPS) is 14.3. The van der Waals surface area contributed by atoms with Crippen LogP contribution in [0.3, 0.4) is 0 Å². The number of nitrogens with one attached hydrogen (secondary N) is 1. The molecule has 0 bridgehead atoms. The fourth-order valence-electron chi connectivity index (χ4n) is 1.91. The Morgan fingerprint density at radius 3 is 2.70 bits per heavy atom. The first-order chi connectivity index (χ1) is 9.61. The zero-order chi connectivity index (χ0) is 14.1. The monoisotopic (exact) mass is 309 g/mol. The van der Waals surface area contributed by atoms with Crippen LogP contribution >= 0.6 is 23.2 Å². The molecule has 20 heavy (non-hydrogen) atoms. The summed E-state index contributed by atoms with van der Waals surface area (Å²) in [6.07, 6.45) is 4.00. The van der Waals surface area contributed by atoms with Crippen LogP contribution in [0, 0.1) is 0 Å². The molecular formula is C14H13Cl2N3O. The van der Waals surface area contributed by atoms with Gasteiger partial charge in [-0.15, -0.1) is 0 Å². The Labute approximate surface area is 126 Å². The Bertz CT molecular complexity index is 695. The molecule has 1 aromatic heterocycles. The summed E-state index contributed by atoms with van der Waals surface area (Å²) >= 11 is 11.8. The minimum Gasteiger partial charge on any atom is -0.381 e. The van der Waals surface area contributed by atoms with E-state index in [2.05, 4.69) is 10.4 Å². The first-order valence-electron chi connectivity index (χ1n) is 6.39. The summed E-state index contributed by atoms with van der Waals surface area (Å²) in [5.74, 6) is 0. The van der Waals surface area contributed by atoms with Gasteiger partial charge in [0.05, 0.1) is 28.5 Å². The third-order valence-electron chi connectivity index (χ3n) is 3.13. The molecular weight excluding hydrogens is 297 g/mol. The summed E-state index contributed by atoms with van der Waals surface area (Å²) in [6, 6.07) is 7.37. The molecule has 2 aromatic rings. The van der Waals surface area contributed by atoms with Crippen molar-refractivity contribution in [2.45, 2.75) is 25.4 Å². The van der Waals surface area contributed by atoms with Gasteiger partial charge in [-0.2, -0.15) is 5.10 Å². The van der Waals surface area contributed by atoms with Crippen LogP contribution in [0.4, 0.5) is 5.69 Å². The van der Waals surface area contributed by atoms with Gasteiger partial charge in [0, 0.05) is 12.1 Å². The van der Waals surface area contributed by atoms with E-state index in [9.17, 15) is 4.79 Å². The average Bonchev–Trinajstić information content (AvgIpc) is 3.21. The van der Waals surface area contributed by atoms with Crippen molar-refractivity contribution >= 4 is 28.9 Å². The maximum Gasteiger partial charge on any atom is 0.269 e. The molecule has 0 atom stereocenters. The number of benzene rings is 1. The first kappa shape index (κ1) is 13.5. The third-order valence-corrected chi connectivity index (χ3v) is 3.87. The van der Waals surface area contributed by atoms with Gasteiger partial charge in [0.25, 0.3) is 5.56 Å². The quantitative estimate of drug-likeness (QED) is 0.943. The summed E-state index contributed by atoms with van der Waals surface area (Å²) in [5, 5.41) is 8.40. The van der Waals surface area contributed by atoms with Gasteiger partial charge in [-0.3, -0.25) is 4.79 Å². The Hall–Kier alpha value is -1.52. The minimum absolute atomic E-state index is 0.137. The molecule has 1 saturated carbocycles. The molecule has 0 radical (unpaired) electrons. The largest absolute Gasteiger partial charge is 0.381 e. The van der Waals surface area contributed by atoms with Crippen LogP contribution in [-0.4, -0.2) is 15.8 Å². The van der Waals surface area contributed by atoms with Crippen LogP contribution in [0.25, 0.3) is 0 Å². The Balaban J connectivity index is 1.79. The maximum atomic E-state index is 12.0. The van der Waals surface area contributed by atoms with Gasteiger partial charge in [0.1, 0.15) is 0 Å². The zero-order valence-electron chi connectivity index (χ0n) is 10.6. The average molecular weight is 310 g/mol. The number of anilines is 1. The minimum atomic E-state index is -0.137. The van der Waals surface area contributed by atoms with E-state index in [0.717, 1.165) is 24.1 Å². The second-order valence-electron chi connectivity index (χ2n) is 4.91. The van der Waals surface area contributed by atoms with Crippen LogP contribution in [0.5, 0.6) is 0 Å². The van der Waals surface area contributed by atoms with E-state index in [0.29, 0.717) is 22.6 Å². The lowest BCUT2D eigenvalue weighted by atomic mass is 10.2. The fourth-order valence-corrected chi connectivity index (χ4v) is 2.23. The standard InChI is InChI=1S/C14H13Cl2N3O/c15-12-4-1-9(5-13(12)16)8-19-14(20)6-11(7-17-19)18-10-2-3-10/h1,4-7,10,18H,2-3,8H2. The van der Waals surface area contributed by atoms with Crippen molar-refractivity contribution < 1.29 is 0 Å². The number of halogens is 2. The van der Waals surface area contributed by atoms with Crippen molar-refractivity contribution in [3.05, 3.63) is 56.4 Å². The molecule has 1 fully saturated rings. The highest BCUT2D eigenvalue weighted by Crippen LogP contribution is 2.24. The number of nitrogens with zero attached hydrogens (tertiary/aromatic N) is 2. The predicted molar refractivity (Wildman–Crippen MR) is 80.7 cm³/mol. The third kappa shape index (κ3) is 3.14. The lowest BCUT2D eigenvalue weighted by Crippen LogP contribution is -2.23. The first-order valence-corrected chi connectivity index (χ1v) is 7.15. The highest BCUT2D eigenvalue weighted by Gasteiger charge is 2.21. The molecule has 1 aliphatic carbocycles. The Morgan fingerprint density at radius 1 is 1.25 bits per heavy atom. The van der Waals surface area contributed by atoms with Gasteiger partial charge in [-0.05, 0) is 30.5 Å². The van der Waals surface area contributed by atoms with Gasteiger partial charge in [0.15, 0.2) is 0 Å². The lowest BCUT2D eigenvalue weighted by molar-refractivity contribution is 0.639. The molecule has 1 aromatic carbocycles. The Kier molecular flexibility index (Phi) is 3.68. The van der Waals surface area contributed by atoms with Gasteiger partial charge in [0.2, 0.25) is 0 Å². The summed E-state index contributed by atoms with van der Waals surface area (Å²) < 4.78 is 1.40. The van der Waals surface area contributed by atoms with Crippen LogP contribution in [0.15, 0.2) is 35.3 Å². The van der Waals surface area contributed by atoms with E-state index in [1.165, 1.54) is 4.68 Å². The van der Waals surface area contributed by atoms with Crippen molar-refractivity contribution in [1.29, 1.82) is 0 Å². The zero-order valence-corrected chi connectivity index (χ0v) is 12.2. The van der Waals surface area contributed by atoms with E-state index in [-0.39, 0.29) is 5.56 Å². The van der Waals surface area contributed by atoms with Gasteiger partial charge < -0.3 is 5.32 Å². The number of hydrogen-bond acceptors (Lipinski definition) is 3. The molecule has 104 valence electrons. The second-order valence-corrected chi connectivity index (χ2v) is 5.72. The summed E-state index contributed by atoms with van der Waals surface area (Å²) in [7, 11) is 0. The lowest BCUT2D eigenvalue weighted by Gasteiger charge is -2.08. The van der Waals surface area contributed by atoms with Gasteiger partial charge in [-0.25, -0.2) is 4.68 Å². The van der Waals surface area contributed by atoms with Crippen molar-refractivity contribution in [2.24, 2.45) is 0 Å². The van der Waals surface area contributed by atoms with E-state index < -0.39 is 0 Å². The molecule has 0 aliphatic heterocycles. The molecule has 0 spiro atoms.